The second-order valence-electron chi connectivity index (χ2n) is 3.85. The smallest absolute Gasteiger partial charge is 0.321 e. The van der Waals surface area contributed by atoms with Crippen molar-refractivity contribution in [3.8, 4) is 5.75 Å². The quantitative estimate of drug-likeness (QED) is 0.633. The first kappa shape index (κ1) is 11.4. The van der Waals surface area contributed by atoms with Crippen molar-refractivity contribution in [2.45, 2.75) is 13.0 Å². The van der Waals surface area contributed by atoms with E-state index in [9.17, 15) is 10.1 Å². The predicted octanol–water partition coefficient (Wildman–Crippen LogP) is 1.34. The summed E-state index contributed by atoms with van der Waals surface area (Å²) in [6, 6.07) is 5.16. The molecule has 1 unspecified atom stereocenters. The van der Waals surface area contributed by atoms with Crippen molar-refractivity contribution >= 4 is 11.5 Å². The van der Waals surface area contributed by atoms with Crippen molar-refractivity contribution in [3.05, 3.63) is 33.9 Å². The van der Waals surface area contributed by atoms with Crippen molar-refractivity contribution in [3.63, 3.8) is 0 Å². The van der Waals surface area contributed by atoms with Gasteiger partial charge in [-0.05, 0) is 19.1 Å². The van der Waals surface area contributed by atoms with Crippen molar-refractivity contribution < 1.29 is 9.66 Å². The molecule has 6 nitrogen and oxygen atoms in total. The molecule has 1 N–H and O–H groups in total. The molecule has 0 amide bonds. The first-order valence-electron chi connectivity index (χ1n) is 5.26. The van der Waals surface area contributed by atoms with Crippen molar-refractivity contribution in [2.24, 2.45) is 4.99 Å². The van der Waals surface area contributed by atoms with E-state index >= 15 is 0 Å². The monoisotopic (exact) mass is 235 g/mol. The number of nitrogens with one attached hydrogen (secondary N) is 1. The Morgan fingerprint density at radius 1 is 1.59 bits per heavy atom. The lowest BCUT2D eigenvalue weighted by atomic mass is 10.1. The molecule has 0 bridgehead atoms. The molecule has 0 saturated heterocycles. The number of methoxy groups -OCH3 is 1. The van der Waals surface area contributed by atoms with Gasteiger partial charge in [-0.25, -0.2) is 0 Å². The highest BCUT2D eigenvalue weighted by Crippen LogP contribution is 2.31. The number of hydrogen-bond donors (Lipinski definition) is 1. The minimum atomic E-state index is -0.443. The molecule has 0 radical (unpaired) electrons. The fourth-order valence-electron chi connectivity index (χ4n) is 1.78. The Balaban J connectivity index is 2.50. The molecule has 0 spiro atoms. The lowest BCUT2D eigenvalue weighted by molar-refractivity contribution is -0.385. The fourth-order valence-corrected chi connectivity index (χ4v) is 1.78. The van der Waals surface area contributed by atoms with Crippen molar-refractivity contribution in [1.29, 1.82) is 0 Å². The van der Waals surface area contributed by atoms with E-state index in [0.29, 0.717) is 17.9 Å². The summed E-state index contributed by atoms with van der Waals surface area (Å²) in [5.41, 5.74) is 0.425. The zero-order valence-electron chi connectivity index (χ0n) is 9.64. The second-order valence-corrected chi connectivity index (χ2v) is 3.85. The fraction of sp³-hybridized carbons (Fsp3) is 0.364. The molecule has 6 heteroatoms. The summed E-state index contributed by atoms with van der Waals surface area (Å²) in [6.45, 7) is 2.60. The van der Waals surface area contributed by atoms with Crippen molar-refractivity contribution in [2.75, 3.05) is 13.7 Å². The zero-order valence-corrected chi connectivity index (χ0v) is 9.64. The van der Waals surface area contributed by atoms with Crippen LogP contribution in [0.15, 0.2) is 23.2 Å². The SMILES string of the molecule is COc1cccc(C2=NCC(C)N2)c1[N+](=O)[O-]. The Hall–Kier alpha value is -2.11. The van der Waals surface area contributed by atoms with Crippen LogP contribution in [0.1, 0.15) is 12.5 Å². The van der Waals surface area contributed by atoms with E-state index in [1.54, 1.807) is 18.2 Å². The normalized spacial score (nSPS) is 18.5. The van der Waals surface area contributed by atoms with Crippen LogP contribution in [0.2, 0.25) is 0 Å². The van der Waals surface area contributed by atoms with Gasteiger partial charge in [0.2, 0.25) is 0 Å². The molecule has 1 aromatic carbocycles. The minimum absolute atomic E-state index is 0.0460. The van der Waals surface area contributed by atoms with Gasteiger partial charge in [0.25, 0.3) is 0 Å². The Kier molecular flexibility index (Phi) is 2.95. The number of ether oxygens (including phenoxy) is 1. The van der Waals surface area contributed by atoms with Gasteiger partial charge in [0, 0.05) is 6.04 Å². The molecule has 1 atom stereocenters. The number of hydrogen-bond acceptors (Lipinski definition) is 5. The topological polar surface area (TPSA) is 76.8 Å². The predicted molar refractivity (Wildman–Crippen MR) is 63.7 cm³/mol. The highest BCUT2D eigenvalue weighted by Gasteiger charge is 2.26. The number of benzene rings is 1. The zero-order chi connectivity index (χ0) is 12.4. The van der Waals surface area contributed by atoms with E-state index in [-0.39, 0.29) is 17.5 Å². The van der Waals surface area contributed by atoms with Crippen LogP contribution in [0.3, 0.4) is 0 Å². The summed E-state index contributed by atoms with van der Waals surface area (Å²) in [7, 11) is 1.42. The third-order valence-electron chi connectivity index (χ3n) is 2.56. The van der Waals surface area contributed by atoms with Gasteiger partial charge in [-0.2, -0.15) is 0 Å². The van der Waals surface area contributed by atoms with E-state index in [0.717, 1.165) is 0 Å². The van der Waals surface area contributed by atoms with Crippen LogP contribution in [-0.2, 0) is 0 Å². The summed E-state index contributed by atoms with van der Waals surface area (Å²) < 4.78 is 5.01. The number of amidine groups is 1. The van der Waals surface area contributed by atoms with Crippen LogP contribution in [-0.4, -0.2) is 30.5 Å². The highest BCUT2D eigenvalue weighted by molar-refractivity contribution is 6.04. The van der Waals surface area contributed by atoms with E-state index in [4.69, 9.17) is 4.74 Å². The van der Waals surface area contributed by atoms with Crippen LogP contribution in [0, 0.1) is 10.1 Å². The number of nitrogens with zero attached hydrogens (tertiary/aromatic N) is 2. The molecule has 0 saturated carbocycles. The summed E-state index contributed by atoms with van der Waals surface area (Å²) in [5.74, 6) is 0.805. The molecular weight excluding hydrogens is 222 g/mol. The largest absolute Gasteiger partial charge is 0.490 e. The number of nitro groups is 1. The first-order valence-corrected chi connectivity index (χ1v) is 5.26. The third kappa shape index (κ3) is 2.06. The van der Waals surface area contributed by atoms with Crippen LogP contribution in [0.4, 0.5) is 5.69 Å². The summed E-state index contributed by atoms with van der Waals surface area (Å²) in [4.78, 5) is 14.9. The van der Waals surface area contributed by atoms with Crippen LogP contribution in [0.25, 0.3) is 0 Å². The Morgan fingerprint density at radius 2 is 2.35 bits per heavy atom. The van der Waals surface area contributed by atoms with E-state index in [1.165, 1.54) is 7.11 Å². The molecule has 0 aliphatic carbocycles. The van der Waals surface area contributed by atoms with Crippen LogP contribution < -0.4 is 10.1 Å². The number of nitro benzene ring substituents is 1. The van der Waals surface area contributed by atoms with E-state index < -0.39 is 4.92 Å². The average Bonchev–Trinajstić information content (AvgIpc) is 2.74. The van der Waals surface area contributed by atoms with Gasteiger partial charge in [0.05, 0.1) is 24.1 Å². The molecule has 1 aromatic rings. The molecule has 2 rings (SSSR count). The Labute approximate surface area is 98.5 Å². The molecule has 1 aliphatic heterocycles. The van der Waals surface area contributed by atoms with Gasteiger partial charge in [-0.3, -0.25) is 15.1 Å². The molecule has 0 aromatic heterocycles. The lowest BCUT2D eigenvalue weighted by Gasteiger charge is -2.08. The van der Waals surface area contributed by atoms with Crippen molar-refractivity contribution in [1.82, 2.24) is 5.32 Å². The van der Waals surface area contributed by atoms with Crippen LogP contribution >= 0.6 is 0 Å². The summed E-state index contributed by atoms with van der Waals surface area (Å²) in [5, 5.41) is 14.2. The molecule has 1 heterocycles. The Bertz CT molecular complexity index is 485. The number of rotatable bonds is 3. The first-order chi connectivity index (χ1) is 8.13. The van der Waals surface area contributed by atoms with Crippen LogP contribution in [0.5, 0.6) is 5.75 Å². The molecular formula is C11H13N3O3. The second kappa shape index (κ2) is 4.40. The number of aliphatic imine (C=N–C) groups is 1. The third-order valence-corrected chi connectivity index (χ3v) is 2.56. The van der Waals surface area contributed by atoms with E-state index in [2.05, 4.69) is 10.3 Å². The molecule has 90 valence electrons. The maximum Gasteiger partial charge on any atom is 0.321 e. The minimum Gasteiger partial charge on any atom is -0.490 e. The van der Waals surface area contributed by atoms with Gasteiger partial charge >= 0.3 is 5.69 Å². The maximum atomic E-state index is 11.1. The van der Waals surface area contributed by atoms with Gasteiger partial charge in [0.1, 0.15) is 5.84 Å². The lowest BCUT2D eigenvalue weighted by Crippen LogP contribution is -2.28. The van der Waals surface area contributed by atoms with Gasteiger partial charge in [0.15, 0.2) is 5.75 Å². The van der Waals surface area contributed by atoms with Gasteiger partial charge in [-0.15, -0.1) is 0 Å². The average molecular weight is 235 g/mol. The summed E-state index contributed by atoms with van der Waals surface area (Å²) in [6.07, 6.45) is 0. The van der Waals surface area contributed by atoms with Gasteiger partial charge in [-0.1, -0.05) is 6.07 Å². The van der Waals surface area contributed by atoms with E-state index in [1.807, 2.05) is 6.92 Å². The maximum absolute atomic E-state index is 11.1. The molecule has 0 fully saturated rings. The number of para-hydroxylation sites is 1. The molecule has 17 heavy (non-hydrogen) atoms. The molecule has 1 aliphatic rings. The standard InChI is InChI=1S/C11H13N3O3/c1-7-6-12-11(13-7)8-4-3-5-9(17-2)10(8)14(15)16/h3-5,7H,6H2,1-2H3,(H,12,13). The Morgan fingerprint density at radius 3 is 2.88 bits per heavy atom. The highest BCUT2D eigenvalue weighted by atomic mass is 16.6. The van der Waals surface area contributed by atoms with Gasteiger partial charge < -0.3 is 10.1 Å². The summed E-state index contributed by atoms with van der Waals surface area (Å²) >= 11 is 0.